The summed E-state index contributed by atoms with van der Waals surface area (Å²) in [6, 6.07) is 6.88. The minimum atomic E-state index is -0.863. The van der Waals surface area contributed by atoms with E-state index in [2.05, 4.69) is 5.32 Å². The third kappa shape index (κ3) is 4.38. The number of methoxy groups -OCH3 is 1. The Hall–Kier alpha value is -2.24. The number of nitrogens with one attached hydrogen (secondary N) is 1. The van der Waals surface area contributed by atoms with Crippen molar-refractivity contribution < 1.29 is 24.2 Å². The lowest BCUT2D eigenvalue weighted by molar-refractivity contribution is -0.143. The predicted octanol–water partition coefficient (Wildman–Crippen LogP) is 2.56. The molecule has 120 valence electrons. The number of hydrogen-bond donors (Lipinski definition) is 2. The van der Waals surface area contributed by atoms with Gasteiger partial charge in [0.15, 0.2) is 0 Å². The molecular formula is C16H21NO5. The molecule has 0 aliphatic heterocycles. The van der Waals surface area contributed by atoms with E-state index in [1.165, 1.54) is 0 Å². The zero-order chi connectivity index (χ0) is 15.9. The largest absolute Gasteiger partial charge is 0.497 e. The van der Waals surface area contributed by atoms with Gasteiger partial charge in [0.25, 0.3) is 0 Å². The molecule has 1 saturated carbocycles. The highest BCUT2D eigenvalue weighted by atomic mass is 16.5. The van der Waals surface area contributed by atoms with E-state index in [1.54, 1.807) is 13.2 Å². The molecule has 0 radical (unpaired) electrons. The number of carboxylic acids is 1. The summed E-state index contributed by atoms with van der Waals surface area (Å²) in [6.45, 7) is 0.119. The van der Waals surface area contributed by atoms with Gasteiger partial charge in [-0.1, -0.05) is 25.0 Å². The van der Waals surface area contributed by atoms with Gasteiger partial charge in [0.05, 0.1) is 13.0 Å². The Kier molecular flexibility index (Phi) is 5.63. The molecule has 22 heavy (non-hydrogen) atoms. The van der Waals surface area contributed by atoms with Crippen LogP contribution in [-0.2, 0) is 16.1 Å². The first-order valence-corrected chi connectivity index (χ1v) is 7.39. The molecule has 0 bridgehead atoms. The van der Waals surface area contributed by atoms with Crippen LogP contribution < -0.4 is 10.1 Å². The number of hydrogen-bond acceptors (Lipinski definition) is 4. The minimum absolute atomic E-state index is 0.119. The van der Waals surface area contributed by atoms with Gasteiger partial charge in [-0.25, -0.2) is 4.79 Å². The molecule has 0 spiro atoms. The van der Waals surface area contributed by atoms with Crippen molar-refractivity contribution in [3.63, 3.8) is 0 Å². The highest BCUT2D eigenvalue weighted by molar-refractivity contribution is 5.73. The van der Waals surface area contributed by atoms with Crippen LogP contribution in [0, 0.1) is 5.92 Å². The molecule has 2 atom stereocenters. The summed E-state index contributed by atoms with van der Waals surface area (Å²) in [4.78, 5) is 23.0. The normalized spacial score (nSPS) is 21.0. The van der Waals surface area contributed by atoms with Crippen LogP contribution in [0.3, 0.4) is 0 Å². The van der Waals surface area contributed by atoms with Crippen molar-refractivity contribution in [2.75, 3.05) is 7.11 Å². The van der Waals surface area contributed by atoms with E-state index in [9.17, 15) is 14.7 Å². The molecule has 1 aliphatic rings. The van der Waals surface area contributed by atoms with Crippen LogP contribution >= 0.6 is 0 Å². The monoisotopic (exact) mass is 307 g/mol. The fraction of sp³-hybridized carbons (Fsp3) is 0.500. The Balaban J connectivity index is 1.85. The van der Waals surface area contributed by atoms with Gasteiger partial charge in [0.2, 0.25) is 0 Å². The van der Waals surface area contributed by atoms with Gasteiger partial charge >= 0.3 is 12.1 Å². The van der Waals surface area contributed by atoms with E-state index in [-0.39, 0.29) is 12.6 Å². The zero-order valence-electron chi connectivity index (χ0n) is 12.6. The fourth-order valence-electron chi connectivity index (χ4n) is 2.70. The molecular weight excluding hydrogens is 286 g/mol. The smallest absolute Gasteiger partial charge is 0.407 e. The van der Waals surface area contributed by atoms with Crippen molar-refractivity contribution in [1.29, 1.82) is 0 Å². The van der Waals surface area contributed by atoms with Gasteiger partial charge in [-0.05, 0) is 30.5 Å². The predicted molar refractivity (Wildman–Crippen MR) is 79.7 cm³/mol. The van der Waals surface area contributed by atoms with Gasteiger partial charge in [-0.3, -0.25) is 4.79 Å². The summed E-state index contributed by atoms with van der Waals surface area (Å²) in [5.74, 6) is -0.698. The summed E-state index contributed by atoms with van der Waals surface area (Å²) in [5.41, 5.74) is 0.813. The summed E-state index contributed by atoms with van der Waals surface area (Å²) >= 11 is 0. The SMILES string of the molecule is COc1cccc(COC(=O)N[C@@H]2CCCC[C@H]2C(=O)O)c1. The number of carbonyl (C=O) groups is 2. The average molecular weight is 307 g/mol. The third-order valence-electron chi connectivity index (χ3n) is 3.89. The zero-order valence-corrected chi connectivity index (χ0v) is 12.6. The standard InChI is InChI=1S/C16H21NO5/c1-21-12-6-4-5-11(9-12)10-22-16(20)17-14-8-3-2-7-13(14)15(18)19/h4-6,9,13-14H,2-3,7-8,10H2,1H3,(H,17,20)(H,18,19)/t13-,14-/m1/s1. The number of amides is 1. The summed E-state index contributed by atoms with van der Waals surface area (Å²) < 4.78 is 10.3. The average Bonchev–Trinajstić information content (AvgIpc) is 2.53. The van der Waals surface area contributed by atoms with E-state index in [4.69, 9.17) is 9.47 Å². The van der Waals surface area contributed by atoms with Crippen LogP contribution in [0.2, 0.25) is 0 Å². The van der Waals surface area contributed by atoms with Crippen LogP contribution in [0.4, 0.5) is 4.79 Å². The van der Waals surface area contributed by atoms with Crippen molar-refractivity contribution in [2.45, 2.75) is 38.3 Å². The van der Waals surface area contributed by atoms with Gasteiger partial charge in [0, 0.05) is 6.04 Å². The molecule has 0 heterocycles. The van der Waals surface area contributed by atoms with Gasteiger partial charge in [-0.2, -0.15) is 0 Å². The first-order chi connectivity index (χ1) is 10.6. The van der Waals surface area contributed by atoms with Crippen LogP contribution in [0.5, 0.6) is 5.75 Å². The Bertz CT molecular complexity index is 531. The van der Waals surface area contributed by atoms with Crippen LogP contribution in [0.1, 0.15) is 31.2 Å². The molecule has 2 rings (SSSR count). The molecule has 6 heteroatoms. The first-order valence-electron chi connectivity index (χ1n) is 7.39. The Morgan fingerprint density at radius 3 is 2.82 bits per heavy atom. The van der Waals surface area contributed by atoms with Crippen LogP contribution in [0.25, 0.3) is 0 Å². The molecule has 2 N–H and O–H groups in total. The molecule has 6 nitrogen and oxygen atoms in total. The first kappa shape index (κ1) is 16.1. The molecule has 1 fully saturated rings. The molecule has 0 unspecified atom stereocenters. The molecule has 1 aromatic carbocycles. The third-order valence-corrected chi connectivity index (χ3v) is 3.89. The molecule has 1 aliphatic carbocycles. The van der Waals surface area contributed by atoms with Crippen molar-refractivity contribution in [2.24, 2.45) is 5.92 Å². The second-order valence-electron chi connectivity index (χ2n) is 5.41. The van der Waals surface area contributed by atoms with Crippen molar-refractivity contribution in [3.8, 4) is 5.75 Å². The second-order valence-corrected chi connectivity index (χ2v) is 5.41. The number of ether oxygens (including phenoxy) is 2. The lowest BCUT2D eigenvalue weighted by Crippen LogP contribution is -2.45. The summed E-state index contributed by atoms with van der Waals surface area (Å²) in [6.07, 6.45) is 2.49. The Morgan fingerprint density at radius 2 is 2.09 bits per heavy atom. The molecule has 0 aromatic heterocycles. The van der Waals surface area contributed by atoms with Gasteiger partial charge in [-0.15, -0.1) is 0 Å². The number of carboxylic acid groups (broad SMARTS) is 1. The van der Waals surface area contributed by atoms with Crippen molar-refractivity contribution in [1.82, 2.24) is 5.32 Å². The fourth-order valence-corrected chi connectivity index (χ4v) is 2.70. The molecule has 0 saturated heterocycles. The van der Waals surface area contributed by atoms with E-state index >= 15 is 0 Å². The lowest BCUT2D eigenvalue weighted by atomic mass is 9.85. The number of carbonyl (C=O) groups excluding carboxylic acids is 1. The van der Waals surface area contributed by atoms with Crippen LogP contribution in [0.15, 0.2) is 24.3 Å². The second kappa shape index (κ2) is 7.68. The molecule has 1 aromatic rings. The topological polar surface area (TPSA) is 84.9 Å². The lowest BCUT2D eigenvalue weighted by Gasteiger charge is -2.28. The number of benzene rings is 1. The number of rotatable bonds is 5. The van der Waals surface area contributed by atoms with E-state index < -0.39 is 18.0 Å². The highest BCUT2D eigenvalue weighted by Gasteiger charge is 2.32. The van der Waals surface area contributed by atoms with Crippen molar-refractivity contribution in [3.05, 3.63) is 29.8 Å². The minimum Gasteiger partial charge on any atom is -0.497 e. The number of alkyl carbamates (subject to hydrolysis) is 1. The summed E-state index contributed by atoms with van der Waals surface area (Å²) in [5, 5.41) is 11.9. The number of aliphatic carboxylic acids is 1. The van der Waals surface area contributed by atoms with Crippen LogP contribution in [-0.4, -0.2) is 30.3 Å². The van der Waals surface area contributed by atoms with Crippen molar-refractivity contribution >= 4 is 12.1 Å². The maximum Gasteiger partial charge on any atom is 0.407 e. The Morgan fingerprint density at radius 1 is 1.32 bits per heavy atom. The van der Waals surface area contributed by atoms with Gasteiger partial charge in [0.1, 0.15) is 12.4 Å². The van der Waals surface area contributed by atoms with E-state index in [0.717, 1.165) is 18.4 Å². The Labute approximate surface area is 129 Å². The highest BCUT2D eigenvalue weighted by Crippen LogP contribution is 2.24. The molecule has 1 amide bonds. The van der Waals surface area contributed by atoms with Gasteiger partial charge < -0.3 is 19.9 Å². The maximum absolute atomic E-state index is 11.8. The van der Waals surface area contributed by atoms with E-state index in [1.807, 2.05) is 18.2 Å². The maximum atomic E-state index is 11.8. The summed E-state index contributed by atoms with van der Waals surface area (Å²) in [7, 11) is 1.57. The van der Waals surface area contributed by atoms with E-state index in [0.29, 0.717) is 18.6 Å². The quantitative estimate of drug-likeness (QED) is 0.873.